The van der Waals surface area contributed by atoms with Crippen molar-refractivity contribution >= 4 is 34.4 Å². The monoisotopic (exact) mass is 533 g/mol. The van der Waals surface area contributed by atoms with Crippen LogP contribution in [-0.2, 0) is 4.79 Å². The molecule has 1 aliphatic heterocycles. The normalized spacial score (nSPS) is 16.0. The maximum Gasteiger partial charge on any atom is 0.242 e. The Hall–Kier alpha value is -4.19. The lowest BCUT2D eigenvalue weighted by molar-refractivity contribution is -0.120. The maximum absolute atomic E-state index is 15.0. The average Bonchev–Trinajstić information content (AvgIpc) is 3.25. The number of fused-ring (bicyclic) bond motifs is 1. The minimum Gasteiger partial charge on any atom is -0.479 e. The Bertz CT molecular complexity index is 1520. The third-order valence-electron chi connectivity index (χ3n) is 6.95. The van der Waals surface area contributed by atoms with Gasteiger partial charge >= 0.3 is 0 Å². The fourth-order valence-electron chi connectivity index (χ4n) is 4.97. The van der Waals surface area contributed by atoms with E-state index in [0.717, 1.165) is 29.6 Å². The van der Waals surface area contributed by atoms with Gasteiger partial charge in [-0.25, -0.2) is 29.3 Å². The fourth-order valence-corrected chi connectivity index (χ4v) is 4.97. The van der Waals surface area contributed by atoms with Crippen LogP contribution in [-0.4, -0.2) is 74.1 Å². The molecule has 204 valence electrons. The molecule has 0 unspecified atom stereocenters. The van der Waals surface area contributed by atoms with Gasteiger partial charge in [-0.1, -0.05) is 0 Å². The summed E-state index contributed by atoms with van der Waals surface area (Å²) in [4.78, 5) is 38.5. The number of carbonyl (C=O) groups excluding carboxylic acids is 1. The zero-order valence-electron chi connectivity index (χ0n) is 22.9. The summed E-state index contributed by atoms with van der Waals surface area (Å²) in [6, 6.07) is 5.70. The Morgan fingerprint density at radius 3 is 2.59 bits per heavy atom. The number of methoxy groups -OCH3 is 1. The molecule has 0 aliphatic carbocycles. The molecule has 1 amide bonds. The number of hydrogen-bond donors (Lipinski definition) is 1. The van der Waals surface area contributed by atoms with Crippen molar-refractivity contribution in [2.24, 2.45) is 0 Å². The molecule has 5 rings (SSSR count). The van der Waals surface area contributed by atoms with E-state index in [1.807, 2.05) is 45.5 Å². The van der Waals surface area contributed by atoms with E-state index in [4.69, 9.17) is 4.74 Å². The van der Waals surface area contributed by atoms with Crippen molar-refractivity contribution in [3.63, 3.8) is 0 Å². The molecule has 1 saturated heterocycles. The van der Waals surface area contributed by atoms with E-state index in [-0.39, 0.29) is 29.6 Å². The molecule has 12 heteroatoms. The number of aryl methyl sites for hydroxylation is 1. The molecule has 1 atom stereocenters. The SMILES string of the molecule is COc1nc(-c2nc(Nc3ccc(N4CC[C@@H](N(C)C)CC4=O)cn3)ncc2F)cc2c1nc(C)n2C(C)C. The van der Waals surface area contributed by atoms with Crippen molar-refractivity contribution in [3.05, 3.63) is 42.2 Å². The third kappa shape index (κ3) is 5.11. The van der Waals surface area contributed by atoms with E-state index >= 15 is 0 Å². The van der Waals surface area contributed by atoms with Crippen molar-refractivity contribution in [2.45, 2.75) is 45.7 Å². The number of carbonyl (C=O) groups is 1. The number of amides is 1. The number of imidazole rings is 1. The molecule has 1 N–H and O–H groups in total. The molecule has 0 saturated carbocycles. The number of piperidine rings is 1. The number of halogens is 1. The van der Waals surface area contributed by atoms with Crippen LogP contribution in [0.1, 0.15) is 38.6 Å². The average molecular weight is 534 g/mol. The predicted molar refractivity (Wildman–Crippen MR) is 147 cm³/mol. The van der Waals surface area contributed by atoms with Crippen molar-refractivity contribution in [1.82, 2.24) is 34.4 Å². The summed E-state index contributed by atoms with van der Waals surface area (Å²) in [5.74, 6) is 1.16. The zero-order chi connectivity index (χ0) is 27.8. The van der Waals surface area contributed by atoms with Gasteiger partial charge in [-0.3, -0.25) is 4.79 Å². The molecular weight excluding hydrogens is 501 g/mol. The van der Waals surface area contributed by atoms with Crippen LogP contribution in [0.5, 0.6) is 5.88 Å². The maximum atomic E-state index is 15.0. The summed E-state index contributed by atoms with van der Waals surface area (Å²) in [6.07, 6.45) is 4.10. The third-order valence-corrected chi connectivity index (χ3v) is 6.95. The van der Waals surface area contributed by atoms with E-state index in [9.17, 15) is 9.18 Å². The Labute approximate surface area is 226 Å². The van der Waals surface area contributed by atoms with E-state index in [1.165, 1.54) is 7.11 Å². The molecular formula is C27H32FN9O2. The summed E-state index contributed by atoms with van der Waals surface area (Å²) in [5.41, 5.74) is 2.43. The number of anilines is 3. The first-order valence-corrected chi connectivity index (χ1v) is 12.8. The smallest absolute Gasteiger partial charge is 0.242 e. The van der Waals surface area contributed by atoms with Crippen molar-refractivity contribution in [1.29, 1.82) is 0 Å². The molecule has 4 aromatic heterocycles. The number of pyridine rings is 2. The minimum absolute atomic E-state index is 0.0211. The summed E-state index contributed by atoms with van der Waals surface area (Å²) >= 11 is 0. The second-order valence-electron chi connectivity index (χ2n) is 10.1. The van der Waals surface area contributed by atoms with Gasteiger partial charge in [0.2, 0.25) is 17.7 Å². The van der Waals surface area contributed by atoms with Crippen LogP contribution in [0.3, 0.4) is 0 Å². The van der Waals surface area contributed by atoms with E-state index in [0.29, 0.717) is 35.9 Å². The summed E-state index contributed by atoms with van der Waals surface area (Å²) in [5, 5.41) is 3.02. The van der Waals surface area contributed by atoms with E-state index < -0.39 is 5.82 Å². The van der Waals surface area contributed by atoms with Gasteiger partial charge in [-0.05, 0) is 59.5 Å². The van der Waals surface area contributed by atoms with Gasteiger partial charge in [0.25, 0.3) is 0 Å². The number of ether oxygens (including phenoxy) is 1. The Morgan fingerprint density at radius 2 is 1.95 bits per heavy atom. The van der Waals surface area contributed by atoms with Crippen LogP contribution in [0.25, 0.3) is 22.4 Å². The number of nitrogens with zero attached hydrogens (tertiary/aromatic N) is 8. The molecule has 0 spiro atoms. The molecule has 5 heterocycles. The largest absolute Gasteiger partial charge is 0.479 e. The van der Waals surface area contributed by atoms with Crippen LogP contribution in [0, 0.1) is 12.7 Å². The number of hydrogen-bond acceptors (Lipinski definition) is 9. The van der Waals surface area contributed by atoms with Gasteiger partial charge in [0.1, 0.15) is 17.3 Å². The van der Waals surface area contributed by atoms with Gasteiger partial charge in [-0.15, -0.1) is 0 Å². The number of aromatic nitrogens is 6. The van der Waals surface area contributed by atoms with Crippen LogP contribution in [0.4, 0.5) is 21.8 Å². The van der Waals surface area contributed by atoms with Gasteiger partial charge in [0.15, 0.2) is 11.3 Å². The van der Waals surface area contributed by atoms with Gasteiger partial charge in [-0.2, -0.15) is 0 Å². The Balaban J connectivity index is 1.41. The van der Waals surface area contributed by atoms with E-state index in [2.05, 4.69) is 35.1 Å². The van der Waals surface area contributed by atoms with Crippen LogP contribution < -0.4 is 15.0 Å². The first-order chi connectivity index (χ1) is 18.7. The number of nitrogens with one attached hydrogen (secondary N) is 1. The first-order valence-electron chi connectivity index (χ1n) is 12.8. The molecule has 1 fully saturated rings. The molecule has 0 aromatic carbocycles. The quantitative estimate of drug-likeness (QED) is 0.375. The first kappa shape index (κ1) is 26.4. The second-order valence-corrected chi connectivity index (χ2v) is 10.1. The van der Waals surface area contributed by atoms with Gasteiger partial charge in [0, 0.05) is 25.0 Å². The van der Waals surface area contributed by atoms with Gasteiger partial charge in [0.05, 0.1) is 36.4 Å². The van der Waals surface area contributed by atoms with Crippen molar-refractivity contribution < 1.29 is 13.9 Å². The highest BCUT2D eigenvalue weighted by molar-refractivity contribution is 5.94. The topological polar surface area (TPSA) is 114 Å². The summed E-state index contributed by atoms with van der Waals surface area (Å²) in [7, 11) is 5.49. The second kappa shape index (κ2) is 10.5. The standard InChI is InChI=1S/C27H32FN9O2/c1-15(2)37-16(3)31-25-21(37)12-20(32-26(25)39-6)24-19(28)14-30-27(34-24)33-22-8-7-18(13-29-22)36-10-9-17(35(4)5)11-23(36)38/h7-8,12-15,17H,9-11H2,1-6H3,(H,29,30,33,34)/t17-/m1/s1. The van der Waals surface area contributed by atoms with Crippen molar-refractivity contribution in [3.8, 4) is 17.3 Å². The minimum atomic E-state index is -0.621. The molecule has 0 radical (unpaired) electrons. The molecule has 0 bridgehead atoms. The lowest BCUT2D eigenvalue weighted by atomic mass is 10.0. The van der Waals surface area contributed by atoms with E-state index in [1.54, 1.807) is 23.2 Å². The number of rotatable bonds is 7. The lowest BCUT2D eigenvalue weighted by Gasteiger charge is -2.34. The molecule has 39 heavy (non-hydrogen) atoms. The van der Waals surface area contributed by atoms with Crippen LogP contribution >= 0.6 is 0 Å². The van der Waals surface area contributed by atoms with Crippen LogP contribution in [0.2, 0.25) is 0 Å². The summed E-state index contributed by atoms with van der Waals surface area (Å²) in [6.45, 7) is 6.64. The zero-order valence-corrected chi connectivity index (χ0v) is 22.9. The van der Waals surface area contributed by atoms with Crippen LogP contribution in [0.15, 0.2) is 30.6 Å². The highest BCUT2D eigenvalue weighted by Gasteiger charge is 2.28. The Morgan fingerprint density at radius 1 is 1.15 bits per heavy atom. The molecule has 4 aromatic rings. The lowest BCUT2D eigenvalue weighted by Crippen LogP contribution is -2.45. The molecule has 11 nitrogen and oxygen atoms in total. The van der Waals surface area contributed by atoms with Gasteiger partial charge < -0.3 is 24.4 Å². The predicted octanol–water partition coefficient (Wildman–Crippen LogP) is 4.12. The highest BCUT2D eigenvalue weighted by Crippen LogP contribution is 2.32. The molecule has 1 aliphatic rings. The fraction of sp³-hybridized carbons (Fsp3) is 0.407. The van der Waals surface area contributed by atoms with Crippen molar-refractivity contribution in [2.75, 3.05) is 38.0 Å². The summed E-state index contributed by atoms with van der Waals surface area (Å²) < 4.78 is 22.5. The highest BCUT2D eigenvalue weighted by atomic mass is 19.1. The Kier molecular flexibility index (Phi) is 7.13.